The molecule has 1 rings (SSSR count). The second-order valence-electron chi connectivity index (χ2n) is 4.57. The summed E-state index contributed by atoms with van der Waals surface area (Å²) in [5.41, 5.74) is 6.23. The van der Waals surface area contributed by atoms with E-state index in [4.69, 9.17) is 5.73 Å². The van der Waals surface area contributed by atoms with Crippen LogP contribution in [0, 0.1) is 0 Å². The summed E-state index contributed by atoms with van der Waals surface area (Å²) in [6, 6.07) is 6.40. The summed E-state index contributed by atoms with van der Waals surface area (Å²) in [5.74, 6) is -0.816. The SMILES string of the molecule is COC(=O)c1ccccc1CS(=O)(=O)NCCC(C)N. The van der Waals surface area contributed by atoms with Crippen LogP contribution >= 0.6 is 0 Å². The van der Waals surface area contributed by atoms with Crippen LogP contribution < -0.4 is 10.5 Å². The number of hydrogen-bond donors (Lipinski definition) is 2. The van der Waals surface area contributed by atoms with Gasteiger partial charge in [-0.1, -0.05) is 18.2 Å². The lowest BCUT2D eigenvalue weighted by atomic mass is 10.1. The molecule has 0 radical (unpaired) electrons. The topological polar surface area (TPSA) is 98.5 Å². The van der Waals surface area contributed by atoms with Crippen molar-refractivity contribution >= 4 is 16.0 Å². The lowest BCUT2D eigenvalue weighted by molar-refractivity contribution is 0.0600. The number of carbonyl (C=O) groups excluding carboxylic acids is 1. The Hall–Kier alpha value is -1.44. The zero-order chi connectivity index (χ0) is 15.2. The van der Waals surface area contributed by atoms with Crippen LogP contribution in [0.3, 0.4) is 0 Å². The molecular weight excluding hydrogens is 280 g/mol. The second kappa shape index (κ2) is 7.37. The molecule has 0 saturated heterocycles. The van der Waals surface area contributed by atoms with Gasteiger partial charge in [0.2, 0.25) is 10.0 Å². The van der Waals surface area contributed by atoms with Crippen molar-refractivity contribution in [2.45, 2.75) is 25.1 Å². The first-order valence-electron chi connectivity index (χ1n) is 6.25. The Morgan fingerprint density at radius 2 is 2.05 bits per heavy atom. The minimum absolute atomic E-state index is 0.0694. The van der Waals surface area contributed by atoms with Gasteiger partial charge in [-0.05, 0) is 25.0 Å². The van der Waals surface area contributed by atoms with Crippen LogP contribution in [0.2, 0.25) is 0 Å². The number of carbonyl (C=O) groups is 1. The van der Waals surface area contributed by atoms with Crippen LogP contribution in [0.1, 0.15) is 29.3 Å². The monoisotopic (exact) mass is 300 g/mol. The molecule has 1 unspecified atom stereocenters. The second-order valence-corrected chi connectivity index (χ2v) is 6.37. The number of benzene rings is 1. The number of esters is 1. The molecule has 1 aromatic rings. The Labute approximate surface area is 119 Å². The molecule has 0 aliphatic carbocycles. The molecule has 3 N–H and O–H groups in total. The van der Waals surface area contributed by atoms with Crippen LogP contribution in [-0.2, 0) is 20.5 Å². The van der Waals surface area contributed by atoms with Crippen LogP contribution in [-0.4, -0.2) is 34.1 Å². The standard InChI is InChI=1S/C13H20N2O4S/c1-10(14)7-8-15-20(17,18)9-11-5-3-4-6-12(11)13(16)19-2/h3-6,10,15H,7-9,14H2,1-2H3. The molecule has 1 aromatic carbocycles. The highest BCUT2D eigenvalue weighted by Crippen LogP contribution is 2.13. The maximum absolute atomic E-state index is 11.9. The van der Waals surface area contributed by atoms with Crippen molar-refractivity contribution in [2.75, 3.05) is 13.7 Å². The summed E-state index contributed by atoms with van der Waals surface area (Å²) in [4.78, 5) is 11.6. The van der Waals surface area contributed by atoms with Gasteiger partial charge < -0.3 is 10.5 Å². The van der Waals surface area contributed by atoms with Gasteiger partial charge in [0.25, 0.3) is 0 Å². The van der Waals surface area contributed by atoms with E-state index in [1.54, 1.807) is 31.2 Å². The highest BCUT2D eigenvalue weighted by molar-refractivity contribution is 7.88. The van der Waals surface area contributed by atoms with E-state index in [1.807, 2.05) is 0 Å². The molecule has 112 valence electrons. The van der Waals surface area contributed by atoms with Crippen molar-refractivity contribution in [3.63, 3.8) is 0 Å². The van der Waals surface area contributed by atoms with Crippen LogP contribution in [0.25, 0.3) is 0 Å². The third kappa shape index (κ3) is 5.28. The first kappa shape index (κ1) is 16.6. The van der Waals surface area contributed by atoms with Crippen molar-refractivity contribution in [3.05, 3.63) is 35.4 Å². The van der Waals surface area contributed by atoms with Gasteiger partial charge in [-0.3, -0.25) is 0 Å². The molecule has 7 heteroatoms. The third-order valence-corrected chi connectivity index (χ3v) is 4.02. The number of ether oxygens (including phenoxy) is 1. The van der Waals surface area contributed by atoms with Gasteiger partial charge in [0.15, 0.2) is 0 Å². The van der Waals surface area contributed by atoms with Gasteiger partial charge in [-0.2, -0.15) is 0 Å². The molecule has 0 aliphatic rings. The Morgan fingerprint density at radius 3 is 2.65 bits per heavy atom. The van der Waals surface area contributed by atoms with Crippen LogP contribution in [0.5, 0.6) is 0 Å². The van der Waals surface area contributed by atoms with Crippen molar-refractivity contribution in [1.82, 2.24) is 4.72 Å². The number of nitrogens with one attached hydrogen (secondary N) is 1. The molecule has 0 heterocycles. The highest BCUT2D eigenvalue weighted by Gasteiger charge is 2.17. The number of hydrogen-bond acceptors (Lipinski definition) is 5. The van der Waals surface area contributed by atoms with E-state index in [9.17, 15) is 13.2 Å². The van der Waals surface area contributed by atoms with E-state index < -0.39 is 16.0 Å². The smallest absolute Gasteiger partial charge is 0.338 e. The molecule has 0 fully saturated rings. The normalized spacial score (nSPS) is 12.9. The van der Waals surface area contributed by atoms with E-state index in [2.05, 4.69) is 9.46 Å². The van der Waals surface area contributed by atoms with Gasteiger partial charge in [-0.25, -0.2) is 17.9 Å². The van der Waals surface area contributed by atoms with Crippen molar-refractivity contribution in [1.29, 1.82) is 0 Å². The summed E-state index contributed by atoms with van der Waals surface area (Å²) >= 11 is 0. The van der Waals surface area contributed by atoms with Gasteiger partial charge in [0.05, 0.1) is 18.4 Å². The minimum Gasteiger partial charge on any atom is -0.465 e. The molecule has 0 aliphatic heterocycles. The molecule has 0 aromatic heterocycles. The molecule has 0 bridgehead atoms. The summed E-state index contributed by atoms with van der Waals surface area (Å²) in [6.07, 6.45) is 0.553. The van der Waals surface area contributed by atoms with Gasteiger partial charge >= 0.3 is 5.97 Å². The summed E-state index contributed by atoms with van der Waals surface area (Å²) in [6.45, 7) is 2.08. The molecule has 0 amide bonds. The van der Waals surface area contributed by atoms with E-state index in [0.29, 0.717) is 12.0 Å². The number of methoxy groups -OCH3 is 1. The van der Waals surface area contributed by atoms with E-state index in [1.165, 1.54) is 7.11 Å². The van der Waals surface area contributed by atoms with Crippen LogP contribution in [0.4, 0.5) is 0 Å². The molecular formula is C13H20N2O4S. The van der Waals surface area contributed by atoms with Gasteiger partial charge in [0, 0.05) is 12.6 Å². The lowest BCUT2D eigenvalue weighted by Gasteiger charge is -2.10. The Kier molecular flexibility index (Phi) is 6.12. The first-order chi connectivity index (χ1) is 9.35. The van der Waals surface area contributed by atoms with Gasteiger partial charge in [-0.15, -0.1) is 0 Å². The Bertz CT molecular complexity index is 555. The van der Waals surface area contributed by atoms with Gasteiger partial charge in [0.1, 0.15) is 0 Å². The average molecular weight is 300 g/mol. The first-order valence-corrected chi connectivity index (χ1v) is 7.90. The largest absolute Gasteiger partial charge is 0.465 e. The fourth-order valence-corrected chi connectivity index (χ4v) is 2.85. The molecule has 0 spiro atoms. The predicted octanol–water partition coefficient (Wildman–Crippen LogP) is 0.630. The van der Waals surface area contributed by atoms with E-state index in [-0.39, 0.29) is 23.9 Å². The zero-order valence-corrected chi connectivity index (χ0v) is 12.4. The summed E-state index contributed by atoms with van der Waals surface area (Å²) < 4.78 is 31.0. The van der Waals surface area contributed by atoms with Crippen molar-refractivity contribution in [3.8, 4) is 0 Å². The minimum atomic E-state index is -3.51. The zero-order valence-electron chi connectivity index (χ0n) is 11.6. The summed E-state index contributed by atoms with van der Waals surface area (Å²) in [5, 5.41) is 0. The molecule has 20 heavy (non-hydrogen) atoms. The molecule has 0 saturated carbocycles. The van der Waals surface area contributed by atoms with Crippen molar-refractivity contribution in [2.24, 2.45) is 5.73 Å². The maximum Gasteiger partial charge on any atom is 0.338 e. The Morgan fingerprint density at radius 1 is 1.40 bits per heavy atom. The molecule has 1 atom stereocenters. The Balaban J connectivity index is 2.79. The number of nitrogens with two attached hydrogens (primary N) is 1. The summed E-state index contributed by atoms with van der Waals surface area (Å²) in [7, 11) is -2.25. The fraction of sp³-hybridized carbons (Fsp3) is 0.462. The molecule has 6 nitrogen and oxygen atoms in total. The maximum atomic E-state index is 11.9. The lowest BCUT2D eigenvalue weighted by Crippen LogP contribution is -2.30. The average Bonchev–Trinajstić information content (AvgIpc) is 2.37. The predicted molar refractivity (Wildman–Crippen MR) is 76.7 cm³/mol. The van der Waals surface area contributed by atoms with E-state index >= 15 is 0 Å². The highest BCUT2D eigenvalue weighted by atomic mass is 32.2. The number of sulfonamides is 1. The quantitative estimate of drug-likeness (QED) is 0.720. The fourth-order valence-electron chi connectivity index (χ4n) is 1.65. The number of rotatable bonds is 7. The van der Waals surface area contributed by atoms with Crippen molar-refractivity contribution < 1.29 is 17.9 Å². The van der Waals surface area contributed by atoms with Crippen LogP contribution in [0.15, 0.2) is 24.3 Å². The third-order valence-electron chi connectivity index (χ3n) is 2.69. The van der Waals surface area contributed by atoms with E-state index in [0.717, 1.165) is 0 Å².